The van der Waals surface area contributed by atoms with Gasteiger partial charge in [0.15, 0.2) is 17.9 Å². The van der Waals surface area contributed by atoms with Gasteiger partial charge in [0.1, 0.15) is 24.7 Å². The number of benzene rings is 3. The summed E-state index contributed by atoms with van der Waals surface area (Å²) in [6.45, 7) is 2.40. The molecule has 3 aromatic rings. The molecule has 3 aromatic carbocycles. The van der Waals surface area contributed by atoms with Crippen LogP contribution in [0.15, 0.2) is 58.3 Å². The predicted molar refractivity (Wildman–Crippen MR) is 250 cm³/mol. The molecule has 0 unspecified atom stereocenters. The minimum Gasteiger partial charge on any atom is -0.491 e. The highest BCUT2D eigenvalue weighted by Gasteiger charge is 2.25. The molecule has 0 aromatic heterocycles. The van der Waals surface area contributed by atoms with E-state index in [1.165, 1.54) is 35.7 Å². The molecule has 0 aliphatic carbocycles. The van der Waals surface area contributed by atoms with Crippen LogP contribution < -0.4 is 81.1 Å². The maximum Gasteiger partial charge on any atom is 0.259 e. The van der Waals surface area contributed by atoms with E-state index < -0.39 is 11.8 Å². The van der Waals surface area contributed by atoms with E-state index in [2.05, 4.69) is 37.2 Å². The summed E-state index contributed by atoms with van der Waals surface area (Å²) in [6, 6.07) is 13.1. The van der Waals surface area contributed by atoms with Gasteiger partial charge in [0, 0.05) is 69.8 Å². The molecule has 21 nitrogen and oxygen atoms in total. The van der Waals surface area contributed by atoms with Crippen molar-refractivity contribution in [2.24, 2.45) is 34.4 Å². The summed E-state index contributed by atoms with van der Waals surface area (Å²) in [7, 11) is 0. The standard InChI is InChI=1S/C39H60N16O5S2/c40-11-18-59-30-23-31(60-19-12-41)25(36(58)54-28-8-4-9-29(34(28)62-21-14-43)55-39(48)51-17-5-16-50-38(46)47)22-24(30)35(57)53-27-7-3-6-26(33(27)61-20-13-42)52-32(56)10-1-2-15-49-37(44)45/h3-4,6-9,22-23H,1-2,5,10-21,40-43H2,(H,52,56)(H,53,57)(H,54,58)(H4,44,45,49)(H4,46,47,50)(H3,48,51,55). The molecule has 338 valence electrons. The number of amides is 3. The average molecular weight is 897 g/mol. The summed E-state index contributed by atoms with van der Waals surface area (Å²) in [6.07, 6.45) is 2.01. The van der Waals surface area contributed by atoms with E-state index in [1.54, 1.807) is 36.4 Å². The topological polar surface area (TPSA) is 382 Å². The zero-order valence-corrected chi connectivity index (χ0v) is 36.2. The molecule has 0 bridgehead atoms. The Kier molecular flexibility index (Phi) is 22.6. The molecule has 0 aliphatic rings. The van der Waals surface area contributed by atoms with Gasteiger partial charge in [0.2, 0.25) is 5.91 Å². The van der Waals surface area contributed by atoms with Gasteiger partial charge >= 0.3 is 0 Å². The second-order valence-corrected chi connectivity index (χ2v) is 15.3. The molecule has 23 heteroatoms. The molecular formula is C39H60N16O5S2. The molecule has 0 fully saturated rings. The Morgan fingerprint density at radius 3 is 1.48 bits per heavy atom. The van der Waals surface area contributed by atoms with Crippen molar-refractivity contribution in [1.29, 1.82) is 16.2 Å². The molecule has 22 N–H and O–H groups in total. The Morgan fingerprint density at radius 1 is 0.565 bits per heavy atom. The monoisotopic (exact) mass is 896 g/mol. The number of anilines is 4. The van der Waals surface area contributed by atoms with Crippen LogP contribution in [0.1, 0.15) is 46.4 Å². The van der Waals surface area contributed by atoms with Crippen LogP contribution in [0.2, 0.25) is 0 Å². The molecule has 62 heavy (non-hydrogen) atoms. The zero-order chi connectivity index (χ0) is 45.3. The summed E-state index contributed by atoms with van der Waals surface area (Å²) in [5, 5.41) is 43.3. The zero-order valence-electron chi connectivity index (χ0n) is 34.5. The number of thioether (sulfide) groups is 2. The summed E-state index contributed by atoms with van der Waals surface area (Å²) in [4.78, 5) is 42.7. The Balaban J connectivity index is 1.98. The van der Waals surface area contributed by atoms with Gasteiger partial charge < -0.3 is 81.1 Å². The van der Waals surface area contributed by atoms with Crippen molar-refractivity contribution >= 4 is 81.9 Å². The molecule has 0 aliphatic heterocycles. The van der Waals surface area contributed by atoms with Crippen molar-refractivity contribution in [2.75, 3.05) is 91.8 Å². The van der Waals surface area contributed by atoms with Gasteiger partial charge in [-0.05, 0) is 49.6 Å². The van der Waals surface area contributed by atoms with Crippen molar-refractivity contribution < 1.29 is 23.9 Å². The van der Waals surface area contributed by atoms with Gasteiger partial charge in [0.25, 0.3) is 11.8 Å². The smallest absolute Gasteiger partial charge is 0.259 e. The molecule has 0 spiro atoms. The third kappa shape index (κ3) is 17.2. The van der Waals surface area contributed by atoms with Crippen LogP contribution in [-0.4, -0.2) is 106 Å². The molecule has 0 atom stereocenters. The van der Waals surface area contributed by atoms with Crippen LogP contribution in [0, 0.1) is 16.2 Å². The minimum absolute atomic E-state index is 0.00162. The lowest BCUT2D eigenvalue weighted by Gasteiger charge is -2.20. The number of hydrogen-bond donors (Lipinski definition) is 16. The van der Waals surface area contributed by atoms with Gasteiger partial charge in [-0.15, -0.1) is 23.5 Å². The highest BCUT2D eigenvalue weighted by molar-refractivity contribution is 7.99. The second kappa shape index (κ2) is 27.8. The molecule has 0 saturated carbocycles. The first-order chi connectivity index (χ1) is 29.9. The van der Waals surface area contributed by atoms with Gasteiger partial charge in [-0.1, -0.05) is 12.1 Å². The van der Waals surface area contributed by atoms with Crippen molar-refractivity contribution in [2.45, 2.75) is 35.5 Å². The first-order valence-corrected chi connectivity index (χ1v) is 21.8. The van der Waals surface area contributed by atoms with E-state index in [1.807, 2.05) is 0 Å². The highest BCUT2D eigenvalue weighted by Crippen LogP contribution is 2.38. The molecular weight excluding hydrogens is 837 g/mol. The number of rotatable bonds is 27. The van der Waals surface area contributed by atoms with Crippen molar-refractivity contribution in [1.82, 2.24) is 16.0 Å². The fraction of sp³-hybridized carbons (Fsp3) is 0.385. The van der Waals surface area contributed by atoms with E-state index in [0.29, 0.717) is 96.0 Å². The average Bonchev–Trinajstić information content (AvgIpc) is 3.23. The lowest BCUT2D eigenvalue weighted by Crippen LogP contribution is -2.35. The summed E-state index contributed by atoms with van der Waals surface area (Å²) < 4.78 is 11.9. The van der Waals surface area contributed by atoms with Gasteiger partial charge in [-0.3, -0.25) is 30.6 Å². The number of carbonyl (C=O) groups is 3. The van der Waals surface area contributed by atoms with E-state index >= 15 is 0 Å². The van der Waals surface area contributed by atoms with Crippen LogP contribution in [0.5, 0.6) is 11.5 Å². The number of unbranched alkanes of at least 4 members (excludes halogenated alkanes) is 1. The Morgan fingerprint density at radius 2 is 1.02 bits per heavy atom. The summed E-state index contributed by atoms with van der Waals surface area (Å²) >= 11 is 2.73. The second-order valence-electron chi connectivity index (χ2n) is 13.1. The molecule has 3 rings (SSSR count). The van der Waals surface area contributed by atoms with Gasteiger partial charge in [0.05, 0.1) is 43.7 Å². The van der Waals surface area contributed by atoms with E-state index in [-0.39, 0.29) is 79.1 Å². The molecule has 3 amide bonds. The number of guanidine groups is 3. The summed E-state index contributed by atoms with van der Waals surface area (Å²) in [5.74, 6) is -0.538. The number of carbonyl (C=O) groups excluding carboxylic acids is 3. The molecule has 0 heterocycles. The Bertz CT molecular complexity index is 1850. The van der Waals surface area contributed by atoms with E-state index in [4.69, 9.17) is 60.1 Å². The number of ether oxygens (including phenoxy) is 2. The maximum atomic E-state index is 14.3. The SMILES string of the molecule is N=C(N)NCCCCC(=O)Nc1cccc(NC(=O)c2cc(C(=O)Nc3cccc(NC(=N)NCCCNC(=N)N)c3SCCN)c(OCCN)cc2OCCN)c1SCCN. The Hall–Kier alpha value is -5.98. The number of nitrogens with two attached hydrogens (primary N) is 6. The minimum atomic E-state index is -0.624. The summed E-state index contributed by atoms with van der Waals surface area (Å²) in [5.41, 5.74) is 35.7. The first-order valence-electron chi connectivity index (χ1n) is 19.9. The molecule has 0 radical (unpaired) electrons. The fourth-order valence-corrected chi connectivity index (χ4v) is 7.26. The van der Waals surface area contributed by atoms with Crippen molar-refractivity contribution in [3.8, 4) is 11.5 Å². The lowest BCUT2D eigenvalue weighted by molar-refractivity contribution is -0.116. The van der Waals surface area contributed by atoms with Crippen molar-refractivity contribution in [3.63, 3.8) is 0 Å². The van der Waals surface area contributed by atoms with Crippen LogP contribution in [0.4, 0.5) is 22.7 Å². The van der Waals surface area contributed by atoms with Gasteiger partial charge in [-0.25, -0.2) is 0 Å². The number of nitrogens with one attached hydrogen (secondary N) is 10. The van der Waals surface area contributed by atoms with E-state index in [9.17, 15) is 14.4 Å². The van der Waals surface area contributed by atoms with Crippen molar-refractivity contribution in [3.05, 3.63) is 59.7 Å². The van der Waals surface area contributed by atoms with E-state index in [0.717, 1.165) is 0 Å². The fourth-order valence-electron chi connectivity index (χ4n) is 5.52. The third-order valence-electron chi connectivity index (χ3n) is 8.23. The van der Waals surface area contributed by atoms with Crippen LogP contribution in [0.25, 0.3) is 0 Å². The highest BCUT2D eigenvalue weighted by atomic mass is 32.2. The molecule has 0 saturated heterocycles. The van der Waals surface area contributed by atoms with Crippen LogP contribution in [0.3, 0.4) is 0 Å². The largest absolute Gasteiger partial charge is 0.491 e. The maximum absolute atomic E-state index is 14.3. The third-order valence-corrected chi connectivity index (χ3v) is 10.6. The normalized spacial score (nSPS) is 10.6. The lowest BCUT2D eigenvalue weighted by atomic mass is 10.1. The van der Waals surface area contributed by atoms with Crippen LogP contribution >= 0.6 is 23.5 Å². The quantitative estimate of drug-likeness (QED) is 0.0222. The Labute approximate surface area is 369 Å². The number of hydrogen-bond acceptors (Lipinski definition) is 14. The predicted octanol–water partition coefficient (Wildman–Crippen LogP) is 1.37. The van der Waals surface area contributed by atoms with Gasteiger partial charge in [-0.2, -0.15) is 0 Å². The van der Waals surface area contributed by atoms with Crippen LogP contribution in [-0.2, 0) is 4.79 Å². The first kappa shape index (κ1) is 50.4.